The van der Waals surface area contributed by atoms with Gasteiger partial charge in [0, 0.05) is 44.6 Å². The van der Waals surface area contributed by atoms with Crippen LogP contribution in [-0.4, -0.2) is 83.4 Å². The molecule has 2 rings (SSSR count). The van der Waals surface area contributed by atoms with Crippen LogP contribution >= 0.6 is 0 Å². The Morgan fingerprint density at radius 1 is 1.36 bits per heavy atom. The number of carbonyl (C=O) groups excluding carboxylic acids is 2. The van der Waals surface area contributed by atoms with Crippen LogP contribution in [0.15, 0.2) is 18.5 Å². The number of hydrogen-bond donors (Lipinski definition) is 1. The van der Waals surface area contributed by atoms with Crippen LogP contribution in [0.5, 0.6) is 0 Å². The zero-order valence-corrected chi connectivity index (χ0v) is 15.6. The second-order valence-corrected chi connectivity index (χ2v) is 7.04. The topological polar surface area (TPSA) is 79.7 Å². The molecule has 8 nitrogen and oxygen atoms in total. The van der Waals surface area contributed by atoms with Crippen molar-refractivity contribution >= 4 is 11.8 Å². The Hall–Kier alpha value is -1.93. The van der Waals surface area contributed by atoms with Crippen LogP contribution in [-0.2, 0) is 14.3 Å². The lowest BCUT2D eigenvalue weighted by Crippen LogP contribution is -2.56. The lowest BCUT2D eigenvalue weighted by atomic mass is 10.0. The van der Waals surface area contributed by atoms with Gasteiger partial charge < -0.3 is 15.0 Å². The predicted octanol–water partition coefficient (Wildman–Crippen LogP) is 0.130. The van der Waals surface area contributed by atoms with Crippen molar-refractivity contribution in [2.24, 2.45) is 0 Å². The van der Waals surface area contributed by atoms with Crippen molar-refractivity contribution in [3.63, 3.8) is 0 Å². The molecule has 25 heavy (non-hydrogen) atoms. The SMILES string of the molecule is CC(C(=O)N(C)CC(=O)NCC(C)(C)N1CCOCC1)n1cccn1. The molecule has 1 aromatic heterocycles. The highest BCUT2D eigenvalue weighted by Crippen LogP contribution is 2.15. The predicted molar refractivity (Wildman–Crippen MR) is 94.1 cm³/mol. The number of amides is 2. The molecule has 1 aliphatic rings. The van der Waals surface area contributed by atoms with E-state index in [9.17, 15) is 9.59 Å². The molecule has 0 aromatic carbocycles. The van der Waals surface area contributed by atoms with Gasteiger partial charge in [0.1, 0.15) is 6.04 Å². The molecule has 0 bridgehead atoms. The van der Waals surface area contributed by atoms with Crippen molar-refractivity contribution in [1.29, 1.82) is 0 Å². The van der Waals surface area contributed by atoms with E-state index in [2.05, 4.69) is 29.2 Å². The number of hydrogen-bond acceptors (Lipinski definition) is 5. The third kappa shape index (κ3) is 5.27. The largest absolute Gasteiger partial charge is 0.379 e. The Balaban J connectivity index is 1.79. The number of carbonyl (C=O) groups is 2. The van der Waals surface area contributed by atoms with Crippen molar-refractivity contribution in [3.05, 3.63) is 18.5 Å². The first kappa shape index (κ1) is 19.4. The second-order valence-electron chi connectivity index (χ2n) is 7.04. The molecule has 1 unspecified atom stereocenters. The normalized spacial score (nSPS) is 17.1. The third-order valence-electron chi connectivity index (χ3n) is 4.62. The minimum absolute atomic E-state index is 0.0314. The molecule has 1 aromatic rings. The number of morpholine rings is 1. The number of ether oxygens (including phenoxy) is 1. The van der Waals surface area contributed by atoms with Gasteiger partial charge in [0.05, 0.1) is 19.8 Å². The number of rotatable bonds is 7. The van der Waals surface area contributed by atoms with Crippen molar-refractivity contribution in [3.8, 4) is 0 Å². The van der Waals surface area contributed by atoms with E-state index in [0.717, 1.165) is 26.3 Å². The van der Waals surface area contributed by atoms with Crippen molar-refractivity contribution in [2.75, 3.05) is 46.4 Å². The average Bonchev–Trinajstić information content (AvgIpc) is 3.14. The van der Waals surface area contributed by atoms with Gasteiger partial charge in [-0.15, -0.1) is 0 Å². The third-order valence-corrected chi connectivity index (χ3v) is 4.62. The quantitative estimate of drug-likeness (QED) is 0.755. The highest BCUT2D eigenvalue weighted by molar-refractivity contribution is 5.86. The molecule has 1 N–H and O–H groups in total. The van der Waals surface area contributed by atoms with Gasteiger partial charge in [0.15, 0.2) is 0 Å². The fourth-order valence-electron chi connectivity index (χ4n) is 2.89. The Kier molecular flexibility index (Phi) is 6.55. The van der Waals surface area contributed by atoms with Gasteiger partial charge in [-0.3, -0.25) is 19.2 Å². The van der Waals surface area contributed by atoms with Crippen LogP contribution in [0.4, 0.5) is 0 Å². The average molecular weight is 351 g/mol. The summed E-state index contributed by atoms with van der Waals surface area (Å²) < 4.78 is 6.95. The molecule has 2 heterocycles. The van der Waals surface area contributed by atoms with Gasteiger partial charge in [-0.05, 0) is 26.8 Å². The molecule has 0 saturated carbocycles. The number of nitrogens with one attached hydrogen (secondary N) is 1. The summed E-state index contributed by atoms with van der Waals surface area (Å²) in [7, 11) is 1.63. The number of aromatic nitrogens is 2. The monoisotopic (exact) mass is 351 g/mol. The van der Waals surface area contributed by atoms with E-state index >= 15 is 0 Å². The van der Waals surface area contributed by atoms with E-state index in [1.807, 2.05) is 0 Å². The zero-order chi connectivity index (χ0) is 18.4. The van der Waals surface area contributed by atoms with E-state index < -0.39 is 6.04 Å². The minimum atomic E-state index is -0.433. The fourth-order valence-corrected chi connectivity index (χ4v) is 2.89. The summed E-state index contributed by atoms with van der Waals surface area (Å²) in [6, 6.07) is 1.34. The lowest BCUT2D eigenvalue weighted by molar-refractivity contribution is -0.137. The summed E-state index contributed by atoms with van der Waals surface area (Å²) in [6.45, 7) is 9.71. The van der Waals surface area contributed by atoms with E-state index in [4.69, 9.17) is 4.74 Å². The van der Waals surface area contributed by atoms with Crippen molar-refractivity contribution in [2.45, 2.75) is 32.4 Å². The molecular formula is C17H29N5O3. The Labute approximate surface area is 149 Å². The summed E-state index contributed by atoms with van der Waals surface area (Å²) >= 11 is 0. The van der Waals surface area contributed by atoms with Crippen LogP contribution in [0.3, 0.4) is 0 Å². The molecular weight excluding hydrogens is 322 g/mol. The van der Waals surface area contributed by atoms with Crippen molar-refractivity contribution in [1.82, 2.24) is 24.9 Å². The highest BCUT2D eigenvalue weighted by atomic mass is 16.5. The second kappa shape index (κ2) is 8.44. The molecule has 1 atom stereocenters. The summed E-state index contributed by atoms with van der Waals surface area (Å²) in [5.74, 6) is -0.309. The standard InChI is InChI=1S/C17H29N5O3/c1-14(22-7-5-6-19-22)16(24)20(4)12-15(23)18-13-17(2,3)21-8-10-25-11-9-21/h5-7,14H,8-13H2,1-4H3,(H,18,23). The van der Waals surface area contributed by atoms with Gasteiger partial charge in [0.2, 0.25) is 11.8 Å². The van der Waals surface area contributed by atoms with Crippen molar-refractivity contribution < 1.29 is 14.3 Å². The lowest BCUT2D eigenvalue weighted by Gasteiger charge is -2.40. The molecule has 2 amide bonds. The molecule has 8 heteroatoms. The molecule has 0 aliphatic carbocycles. The van der Waals surface area contributed by atoms with E-state index in [0.29, 0.717) is 6.54 Å². The maximum Gasteiger partial charge on any atom is 0.247 e. The number of nitrogens with zero attached hydrogens (tertiary/aromatic N) is 4. The Morgan fingerprint density at radius 2 is 2.04 bits per heavy atom. The Bertz CT molecular complexity index is 567. The molecule has 0 spiro atoms. The fraction of sp³-hybridized carbons (Fsp3) is 0.706. The number of likely N-dealkylation sites (N-methyl/N-ethyl adjacent to an activating group) is 1. The van der Waals surface area contributed by atoms with Gasteiger partial charge >= 0.3 is 0 Å². The van der Waals surface area contributed by atoms with Crippen LogP contribution < -0.4 is 5.32 Å². The van der Waals surface area contributed by atoms with Crippen LogP contribution in [0.25, 0.3) is 0 Å². The molecule has 140 valence electrons. The van der Waals surface area contributed by atoms with E-state index in [-0.39, 0.29) is 23.9 Å². The first-order valence-corrected chi connectivity index (χ1v) is 8.65. The van der Waals surface area contributed by atoms with Gasteiger partial charge in [-0.2, -0.15) is 5.10 Å². The molecule has 0 radical (unpaired) electrons. The summed E-state index contributed by atoms with van der Waals surface area (Å²) in [5, 5.41) is 7.01. The van der Waals surface area contributed by atoms with Crippen LogP contribution in [0, 0.1) is 0 Å². The summed E-state index contributed by atoms with van der Waals surface area (Å²) in [5.41, 5.74) is -0.148. The van der Waals surface area contributed by atoms with E-state index in [1.54, 1.807) is 37.1 Å². The molecule has 1 saturated heterocycles. The first-order valence-electron chi connectivity index (χ1n) is 8.65. The smallest absolute Gasteiger partial charge is 0.247 e. The van der Waals surface area contributed by atoms with Crippen LogP contribution in [0.2, 0.25) is 0 Å². The summed E-state index contributed by atoms with van der Waals surface area (Å²) in [4.78, 5) is 28.4. The highest BCUT2D eigenvalue weighted by Gasteiger charge is 2.29. The molecule has 1 fully saturated rings. The van der Waals surface area contributed by atoms with Crippen LogP contribution in [0.1, 0.15) is 26.8 Å². The Morgan fingerprint density at radius 3 is 2.64 bits per heavy atom. The minimum Gasteiger partial charge on any atom is -0.379 e. The maximum atomic E-state index is 12.4. The maximum absolute atomic E-state index is 12.4. The molecule has 1 aliphatic heterocycles. The zero-order valence-electron chi connectivity index (χ0n) is 15.6. The van der Waals surface area contributed by atoms with Gasteiger partial charge in [-0.25, -0.2) is 0 Å². The summed E-state index contributed by atoms with van der Waals surface area (Å²) in [6.07, 6.45) is 3.37. The van der Waals surface area contributed by atoms with Gasteiger partial charge in [-0.1, -0.05) is 0 Å². The first-order chi connectivity index (χ1) is 11.8. The van der Waals surface area contributed by atoms with E-state index in [1.165, 1.54) is 4.90 Å². The van der Waals surface area contributed by atoms with Gasteiger partial charge in [0.25, 0.3) is 0 Å².